The number of amides is 4. The van der Waals surface area contributed by atoms with Crippen molar-refractivity contribution >= 4 is 28.7 Å². The van der Waals surface area contributed by atoms with Crippen LogP contribution < -0.4 is 10.6 Å². The fourth-order valence-electron chi connectivity index (χ4n) is 4.36. The summed E-state index contributed by atoms with van der Waals surface area (Å²) in [5.41, 5.74) is 1.60. The summed E-state index contributed by atoms with van der Waals surface area (Å²) in [7, 11) is 0. The second kappa shape index (κ2) is 7.66. The van der Waals surface area contributed by atoms with Gasteiger partial charge in [0.1, 0.15) is 5.54 Å². The fraction of sp³-hybridized carbons (Fsp3) is 0.476. The molecule has 4 amide bonds. The zero-order chi connectivity index (χ0) is 19.6. The predicted octanol–water partition coefficient (Wildman–Crippen LogP) is 2.47. The number of carbonyl (C=O) groups is 3. The third-order valence-corrected chi connectivity index (χ3v) is 5.88. The van der Waals surface area contributed by atoms with Gasteiger partial charge in [-0.05, 0) is 37.3 Å². The Morgan fingerprint density at radius 2 is 1.96 bits per heavy atom. The van der Waals surface area contributed by atoms with E-state index in [1.165, 1.54) is 15.8 Å². The first-order valence-corrected chi connectivity index (χ1v) is 10.0. The van der Waals surface area contributed by atoms with E-state index in [9.17, 15) is 14.4 Å². The number of carbonyl (C=O) groups excluding carboxylic acids is 3. The lowest BCUT2D eigenvalue weighted by atomic mass is 9.98. The molecule has 0 bridgehead atoms. The van der Waals surface area contributed by atoms with E-state index in [2.05, 4.69) is 21.7 Å². The van der Waals surface area contributed by atoms with Gasteiger partial charge in [0, 0.05) is 36.6 Å². The molecule has 1 spiro atoms. The number of H-pyrrole nitrogens is 1. The van der Waals surface area contributed by atoms with E-state index in [0.717, 1.165) is 37.6 Å². The Hall–Kier alpha value is -2.83. The number of hydrogen-bond donors (Lipinski definition) is 3. The number of urea groups is 1. The van der Waals surface area contributed by atoms with Crippen LogP contribution in [0.25, 0.3) is 10.9 Å². The zero-order valence-corrected chi connectivity index (χ0v) is 15.9. The molecule has 4 rings (SSSR count). The van der Waals surface area contributed by atoms with Gasteiger partial charge in [0.2, 0.25) is 5.91 Å². The lowest BCUT2D eigenvalue weighted by Crippen LogP contribution is -2.44. The normalized spacial score (nSPS) is 18.2. The van der Waals surface area contributed by atoms with Gasteiger partial charge in [0.15, 0.2) is 0 Å². The number of hydrogen-bond acceptors (Lipinski definition) is 3. The molecule has 1 saturated carbocycles. The van der Waals surface area contributed by atoms with E-state index >= 15 is 0 Å². The average Bonchev–Trinajstić information content (AvgIpc) is 3.38. The molecule has 0 atom stereocenters. The van der Waals surface area contributed by atoms with Crippen molar-refractivity contribution in [3.8, 4) is 0 Å². The van der Waals surface area contributed by atoms with Gasteiger partial charge in [-0.25, -0.2) is 4.79 Å². The molecule has 0 unspecified atom stereocenters. The SMILES string of the molecule is O=C(CCCN1C(=O)NC2(CCCC2)C1=O)NCCc1c[nH]c2ccccc12. The van der Waals surface area contributed by atoms with Crippen LogP contribution in [0.4, 0.5) is 4.79 Å². The maximum absolute atomic E-state index is 12.6. The van der Waals surface area contributed by atoms with Crippen molar-refractivity contribution in [2.75, 3.05) is 13.1 Å². The third-order valence-electron chi connectivity index (χ3n) is 5.88. The van der Waals surface area contributed by atoms with Crippen molar-refractivity contribution in [2.24, 2.45) is 0 Å². The molecule has 1 aliphatic carbocycles. The minimum atomic E-state index is -0.668. The molecule has 1 aromatic carbocycles. The van der Waals surface area contributed by atoms with Crippen LogP contribution in [0.5, 0.6) is 0 Å². The van der Waals surface area contributed by atoms with Crippen molar-refractivity contribution in [1.82, 2.24) is 20.5 Å². The molecule has 3 N–H and O–H groups in total. The van der Waals surface area contributed by atoms with Crippen molar-refractivity contribution in [3.63, 3.8) is 0 Å². The summed E-state index contributed by atoms with van der Waals surface area (Å²) in [6.45, 7) is 0.856. The van der Waals surface area contributed by atoms with Crippen molar-refractivity contribution in [3.05, 3.63) is 36.0 Å². The van der Waals surface area contributed by atoms with Crippen LogP contribution in [0.3, 0.4) is 0 Å². The number of aromatic nitrogens is 1. The number of nitrogens with one attached hydrogen (secondary N) is 3. The largest absolute Gasteiger partial charge is 0.361 e. The number of rotatable bonds is 7. The standard InChI is InChI=1S/C21H26N4O3/c26-18(22-12-9-15-14-23-17-7-2-1-6-16(15)17)8-5-13-25-19(27)21(24-20(25)28)10-3-4-11-21/h1-2,6-7,14,23H,3-5,8-13H2,(H,22,26)(H,24,28). The Labute approximate surface area is 163 Å². The molecule has 2 fully saturated rings. The van der Waals surface area contributed by atoms with E-state index in [1.807, 2.05) is 24.4 Å². The van der Waals surface area contributed by atoms with Crippen molar-refractivity contribution in [1.29, 1.82) is 0 Å². The fourth-order valence-corrected chi connectivity index (χ4v) is 4.36. The molecular formula is C21H26N4O3. The van der Waals surface area contributed by atoms with Crippen LogP contribution in [-0.4, -0.2) is 46.4 Å². The first kappa shape index (κ1) is 18.5. The highest BCUT2D eigenvalue weighted by Gasteiger charge is 2.51. The number of para-hydroxylation sites is 1. The quantitative estimate of drug-likeness (QED) is 0.642. The Balaban J connectivity index is 1.20. The number of fused-ring (bicyclic) bond motifs is 1. The summed E-state index contributed by atoms with van der Waals surface area (Å²) in [6.07, 6.45) is 6.91. The minimum absolute atomic E-state index is 0.0533. The molecule has 1 aromatic heterocycles. The highest BCUT2D eigenvalue weighted by Crippen LogP contribution is 2.35. The average molecular weight is 382 g/mol. The molecule has 2 heterocycles. The van der Waals surface area contributed by atoms with E-state index in [4.69, 9.17) is 0 Å². The van der Waals surface area contributed by atoms with Gasteiger partial charge in [-0.3, -0.25) is 14.5 Å². The Morgan fingerprint density at radius 1 is 1.18 bits per heavy atom. The van der Waals surface area contributed by atoms with Gasteiger partial charge in [0.05, 0.1) is 0 Å². The lowest BCUT2D eigenvalue weighted by Gasteiger charge is -2.19. The van der Waals surface area contributed by atoms with E-state index < -0.39 is 5.54 Å². The zero-order valence-electron chi connectivity index (χ0n) is 15.9. The Morgan fingerprint density at radius 3 is 2.79 bits per heavy atom. The molecule has 0 radical (unpaired) electrons. The second-order valence-electron chi connectivity index (χ2n) is 7.74. The topological polar surface area (TPSA) is 94.3 Å². The third kappa shape index (κ3) is 3.48. The van der Waals surface area contributed by atoms with E-state index in [1.54, 1.807) is 0 Å². The first-order chi connectivity index (χ1) is 13.6. The molecule has 2 aliphatic rings. The first-order valence-electron chi connectivity index (χ1n) is 10.0. The van der Waals surface area contributed by atoms with Crippen LogP contribution >= 0.6 is 0 Å². The van der Waals surface area contributed by atoms with Crippen LogP contribution in [-0.2, 0) is 16.0 Å². The number of nitrogens with zero attached hydrogens (tertiary/aromatic N) is 1. The van der Waals surface area contributed by atoms with Crippen LogP contribution in [0, 0.1) is 0 Å². The van der Waals surface area contributed by atoms with Crippen molar-refractivity contribution < 1.29 is 14.4 Å². The van der Waals surface area contributed by atoms with Gasteiger partial charge in [0.25, 0.3) is 5.91 Å². The van der Waals surface area contributed by atoms with Gasteiger partial charge in [-0.1, -0.05) is 31.0 Å². The predicted molar refractivity (Wildman–Crippen MR) is 106 cm³/mol. The summed E-state index contributed by atoms with van der Waals surface area (Å²) in [4.78, 5) is 41.3. The molecule has 2 aromatic rings. The van der Waals surface area contributed by atoms with Gasteiger partial charge in [-0.15, -0.1) is 0 Å². The molecule has 148 valence electrons. The summed E-state index contributed by atoms with van der Waals surface area (Å²) >= 11 is 0. The highest BCUT2D eigenvalue weighted by molar-refractivity contribution is 6.07. The summed E-state index contributed by atoms with van der Waals surface area (Å²) in [5.74, 6) is -0.169. The van der Waals surface area contributed by atoms with Crippen LogP contribution in [0.15, 0.2) is 30.5 Å². The molecule has 1 aliphatic heterocycles. The Kier molecular flexibility index (Phi) is 5.07. The van der Waals surface area contributed by atoms with Gasteiger partial charge >= 0.3 is 6.03 Å². The monoisotopic (exact) mass is 382 g/mol. The number of aromatic amines is 1. The molecular weight excluding hydrogens is 356 g/mol. The molecule has 1 saturated heterocycles. The van der Waals surface area contributed by atoms with E-state index in [-0.39, 0.29) is 17.8 Å². The summed E-state index contributed by atoms with van der Waals surface area (Å²) in [5, 5.41) is 6.97. The molecule has 28 heavy (non-hydrogen) atoms. The van der Waals surface area contributed by atoms with Crippen LogP contribution in [0.1, 0.15) is 44.1 Å². The van der Waals surface area contributed by atoms with Crippen LogP contribution in [0.2, 0.25) is 0 Å². The summed E-state index contributed by atoms with van der Waals surface area (Å²) in [6, 6.07) is 7.78. The lowest BCUT2D eigenvalue weighted by molar-refractivity contribution is -0.131. The highest BCUT2D eigenvalue weighted by atomic mass is 16.2. The maximum Gasteiger partial charge on any atom is 0.325 e. The number of imide groups is 1. The van der Waals surface area contributed by atoms with E-state index in [0.29, 0.717) is 25.9 Å². The summed E-state index contributed by atoms with van der Waals surface area (Å²) < 4.78 is 0. The van der Waals surface area contributed by atoms with Crippen molar-refractivity contribution in [2.45, 2.75) is 50.5 Å². The minimum Gasteiger partial charge on any atom is -0.361 e. The molecule has 7 nitrogen and oxygen atoms in total. The molecule has 7 heteroatoms. The van der Waals surface area contributed by atoms with Gasteiger partial charge < -0.3 is 15.6 Å². The van der Waals surface area contributed by atoms with Gasteiger partial charge in [-0.2, -0.15) is 0 Å². The second-order valence-corrected chi connectivity index (χ2v) is 7.74. The Bertz CT molecular complexity index is 898. The number of benzene rings is 1. The smallest absolute Gasteiger partial charge is 0.325 e. The maximum atomic E-state index is 12.6.